The Bertz CT molecular complexity index is 436. The number of amides is 1. The molecule has 2 aliphatic rings. The molecule has 3 nitrogen and oxygen atoms in total. The van der Waals surface area contributed by atoms with Crippen molar-refractivity contribution in [3.8, 4) is 0 Å². The van der Waals surface area contributed by atoms with Crippen molar-refractivity contribution < 1.29 is 4.79 Å². The summed E-state index contributed by atoms with van der Waals surface area (Å²) in [6, 6.07) is 6.42. The molecule has 0 atom stereocenters. The lowest BCUT2D eigenvalue weighted by atomic mass is 9.90. The van der Waals surface area contributed by atoms with Crippen molar-refractivity contribution in [2.45, 2.75) is 25.7 Å². The Balaban J connectivity index is 1.72. The van der Waals surface area contributed by atoms with Crippen LogP contribution in [-0.4, -0.2) is 19.0 Å². The number of hydrogen-bond acceptors (Lipinski definition) is 2. The van der Waals surface area contributed by atoms with E-state index in [1.165, 1.54) is 24.0 Å². The lowest BCUT2D eigenvalue weighted by Gasteiger charge is -2.22. The molecular formula is C14H18N2O. The van der Waals surface area contributed by atoms with Crippen molar-refractivity contribution >= 4 is 11.6 Å². The largest absolute Gasteiger partial charge is 0.326 e. The van der Waals surface area contributed by atoms with E-state index in [4.69, 9.17) is 0 Å². The average molecular weight is 230 g/mol. The van der Waals surface area contributed by atoms with Gasteiger partial charge in [-0.25, -0.2) is 0 Å². The molecule has 0 saturated carbocycles. The minimum atomic E-state index is 0.124. The van der Waals surface area contributed by atoms with E-state index < -0.39 is 0 Å². The van der Waals surface area contributed by atoms with Crippen LogP contribution in [0.1, 0.15) is 24.0 Å². The first-order valence-corrected chi connectivity index (χ1v) is 6.43. The molecule has 2 N–H and O–H groups in total. The number of benzene rings is 1. The van der Waals surface area contributed by atoms with Gasteiger partial charge >= 0.3 is 0 Å². The third kappa shape index (κ3) is 2.34. The highest BCUT2D eigenvalue weighted by atomic mass is 16.1. The highest BCUT2D eigenvalue weighted by Gasteiger charge is 2.19. The van der Waals surface area contributed by atoms with Gasteiger partial charge in [0.15, 0.2) is 0 Å². The SMILES string of the molecule is O=C1Cc2cc(CC3CCNCC3)ccc2N1. The van der Waals surface area contributed by atoms with Gasteiger partial charge in [-0.05, 0) is 55.5 Å². The normalized spacial score (nSPS) is 20.1. The average Bonchev–Trinajstić information content (AvgIpc) is 2.70. The molecule has 2 heterocycles. The second-order valence-corrected chi connectivity index (χ2v) is 5.11. The monoisotopic (exact) mass is 230 g/mol. The van der Waals surface area contributed by atoms with Crippen LogP contribution in [0, 0.1) is 5.92 Å². The van der Waals surface area contributed by atoms with E-state index in [9.17, 15) is 4.79 Å². The van der Waals surface area contributed by atoms with Crippen LogP contribution in [0.15, 0.2) is 18.2 Å². The van der Waals surface area contributed by atoms with Crippen LogP contribution in [0.4, 0.5) is 5.69 Å². The Morgan fingerprint density at radius 1 is 1.24 bits per heavy atom. The van der Waals surface area contributed by atoms with Gasteiger partial charge in [0.2, 0.25) is 5.91 Å². The minimum absolute atomic E-state index is 0.124. The molecule has 0 bridgehead atoms. The summed E-state index contributed by atoms with van der Waals surface area (Å²) < 4.78 is 0. The molecule has 1 fully saturated rings. The zero-order valence-electron chi connectivity index (χ0n) is 9.96. The van der Waals surface area contributed by atoms with Gasteiger partial charge in [-0.3, -0.25) is 4.79 Å². The Labute approximate surface area is 102 Å². The van der Waals surface area contributed by atoms with Gasteiger partial charge in [-0.2, -0.15) is 0 Å². The second-order valence-electron chi connectivity index (χ2n) is 5.11. The summed E-state index contributed by atoms with van der Waals surface area (Å²) in [4.78, 5) is 11.3. The maximum atomic E-state index is 11.3. The van der Waals surface area contributed by atoms with Crippen molar-refractivity contribution in [3.05, 3.63) is 29.3 Å². The summed E-state index contributed by atoms with van der Waals surface area (Å²) in [5.74, 6) is 0.929. The fourth-order valence-corrected chi connectivity index (χ4v) is 2.83. The van der Waals surface area contributed by atoms with E-state index in [1.54, 1.807) is 0 Å². The number of carbonyl (C=O) groups excluding carboxylic acids is 1. The Kier molecular flexibility index (Phi) is 2.85. The summed E-state index contributed by atoms with van der Waals surface area (Å²) in [5, 5.41) is 6.27. The Morgan fingerprint density at radius 2 is 2.06 bits per heavy atom. The molecule has 90 valence electrons. The molecule has 17 heavy (non-hydrogen) atoms. The van der Waals surface area contributed by atoms with Gasteiger partial charge in [0.1, 0.15) is 0 Å². The molecule has 0 radical (unpaired) electrons. The zero-order chi connectivity index (χ0) is 11.7. The molecule has 0 aliphatic carbocycles. The molecule has 3 rings (SSSR count). The third-order valence-corrected chi connectivity index (χ3v) is 3.78. The number of hydrogen-bond donors (Lipinski definition) is 2. The van der Waals surface area contributed by atoms with Gasteiger partial charge in [0.05, 0.1) is 6.42 Å². The van der Waals surface area contributed by atoms with Gasteiger partial charge in [-0.1, -0.05) is 12.1 Å². The van der Waals surface area contributed by atoms with E-state index in [2.05, 4.69) is 28.8 Å². The second kappa shape index (κ2) is 4.49. The Morgan fingerprint density at radius 3 is 2.88 bits per heavy atom. The fraction of sp³-hybridized carbons (Fsp3) is 0.500. The van der Waals surface area contributed by atoms with Crippen LogP contribution < -0.4 is 10.6 Å². The van der Waals surface area contributed by atoms with E-state index >= 15 is 0 Å². The highest BCUT2D eigenvalue weighted by molar-refractivity contribution is 5.99. The van der Waals surface area contributed by atoms with E-state index in [-0.39, 0.29) is 5.91 Å². The number of nitrogens with one attached hydrogen (secondary N) is 2. The molecule has 1 aromatic carbocycles. The smallest absolute Gasteiger partial charge is 0.228 e. The molecule has 3 heteroatoms. The molecule has 1 aromatic rings. The van der Waals surface area contributed by atoms with Crippen molar-refractivity contribution in [3.63, 3.8) is 0 Å². The molecule has 0 aromatic heterocycles. The summed E-state index contributed by atoms with van der Waals surface area (Å²) >= 11 is 0. The third-order valence-electron chi connectivity index (χ3n) is 3.78. The van der Waals surface area contributed by atoms with Gasteiger partial charge in [0, 0.05) is 5.69 Å². The molecular weight excluding hydrogens is 212 g/mol. The lowest BCUT2D eigenvalue weighted by molar-refractivity contribution is -0.115. The first kappa shape index (κ1) is 10.8. The maximum absolute atomic E-state index is 11.3. The predicted octanol–water partition coefficient (Wildman–Crippen LogP) is 1.72. The van der Waals surface area contributed by atoms with Crippen LogP contribution >= 0.6 is 0 Å². The van der Waals surface area contributed by atoms with Crippen molar-refractivity contribution in [1.29, 1.82) is 0 Å². The molecule has 1 saturated heterocycles. The molecule has 2 aliphatic heterocycles. The van der Waals surface area contributed by atoms with Crippen LogP contribution in [-0.2, 0) is 17.6 Å². The van der Waals surface area contributed by atoms with Crippen LogP contribution in [0.3, 0.4) is 0 Å². The van der Waals surface area contributed by atoms with E-state index in [1.807, 2.05) is 0 Å². The maximum Gasteiger partial charge on any atom is 0.228 e. The fourth-order valence-electron chi connectivity index (χ4n) is 2.83. The highest BCUT2D eigenvalue weighted by Crippen LogP contribution is 2.26. The summed E-state index contributed by atoms with van der Waals surface area (Å²) in [6.45, 7) is 2.30. The number of anilines is 1. The van der Waals surface area contributed by atoms with Crippen LogP contribution in [0.2, 0.25) is 0 Å². The molecule has 0 spiro atoms. The predicted molar refractivity (Wildman–Crippen MR) is 68.1 cm³/mol. The summed E-state index contributed by atoms with van der Waals surface area (Å²) in [5.41, 5.74) is 3.55. The van der Waals surface area contributed by atoms with Crippen molar-refractivity contribution in [1.82, 2.24) is 5.32 Å². The van der Waals surface area contributed by atoms with Crippen LogP contribution in [0.5, 0.6) is 0 Å². The first-order valence-electron chi connectivity index (χ1n) is 6.43. The van der Waals surface area contributed by atoms with Gasteiger partial charge in [0.25, 0.3) is 0 Å². The lowest BCUT2D eigenvalue weighted by Crippen LogP contribution is -2.28. The van der Waals surface area contributed by atoms with E-state index in [0.717, 1.165) is 31.1 Å². The number of fused-ring (bicyclic) bond motifs is 1. The standard InChI is InChI=1S/C14H18N2O/c17-14-9-12-8-11(1-2-13(12)16-14)7-10-3-5-15-6-4-10/h1-2,8,10,15H,3-7,9H2,(H,16,17). The van der Waals surface area contributed by atoms with Crippen LogP contribution in [0.25, 0.3) is 0 Å². The zero-order valence-corrected chi connectivity index (χ0v) is 9.96. The number of carbonyl (C=O) groups is 1. The number of rotatable bonds is 2. The van der Waals surface area contributed by atoms with E-state index in [0.29, 0.717) is 6.42 Å². The van der Waals surface area contributed by atoms with Crippen molar-refractivity contribution in [2.24, 2.45) is 5.92 Å². The topological polar surface area (TPSA) is 41.1 Å². The van der Waals surface area contributed by atoms with Gasteiger partial charge in [-0.15, -0.1) is 0 Å². The summed E-state index contributed by atoms with van der Waals surface area (Å²) in [7, 11) is 0. The molecule has 1 amide bonds. The van der Waals surface area contributed by atoms with Crippen molar-refractivity contribution in [2.75, 3.05) is 18.4 Å². The minimum Gasteiger partial charge on any atom is -0.326 e. The Hall–Kier alpha value is -1.35. The first-order chi connectivity index (χ1) is 8.31. The quantitative estimate of drug-likeness (QED) is 0.812. The van der Waals surface area contributed by atoms with Gasteiger partial charge < -0.3 is 10.6 Å². The summed E-state index contributed by atoms with van der Waals surface area (Å²) in [6.07, 6.45) is 4.25. The molecule has 0 unspecified atom stereocenters. The number of piperidine rings is 1.